The van der Waals surface area contributed by atoms with E-state index in [9.17, 15) is 4.79 Å². The summed E-state index contributed by atoms with van der Waals surface area (Å²) >= 11 is 1.52. The monoisotopic (exact) mass is 330 g/mol. The minimum Gasteiger partial charge on any atom is -0.374 e. The molecule has 0 saturated heterocycles. The van der Waals surface area contributed by atoms with Crippen molar-refractivity contribution in [2.24, 2.45) is 0 Å². The first-order chi connectivity index (χ1) is 11.2. The number of rotatable bonds is 8. The van der Waals surface area contributed by atoms with Gasteiger partial charge in [-0.1, -0.05) is 30.3 Å². The molecule has 0 saturated carbocycles. The third kappa shape index (κ3) is 5.69. The second kappa shape index (κ2) is 9.33. The molecular weight excluding hydrogens is 308 g/mol. The Morgan fingerprint density at radius 1 is 1.30 bits per heavy atom. The van der Waals surface area contributed by atoms with Crippen LogP contribution in [0.25, 0.3) is 0 Å². The lowest BCUT2D eigenvalue weighted by Crippen LogP contribution is -2.25. The van der Waals surface area contributed by atoms with Crippen LogP contribution in [-0.4, -0.2) is 30.3 Å². The maximum absolute atomic E-state index is 12.0. The van der Waals surface area contributed by atoms with Gasteiger partial charge in [0.25, 0.3) is 5.91 Å². The van der Waals surface area contributed by atoms with Crippen molar-refractivity contribution < 1.29 is 9.53 Å². The Balaban J connectivity index is 1.68. The van der Waals surface area contributed by atoms with Crippen LogP contribution in [-0.2, 0) is 4.74 Å². The fourth-order valence-electron chi connectivity index (χ4n) is 2.12. The van der Waals surface area contributed by atoms with Crippen molar-refractivity contribution in [3.05, 3.63) is 59.8 Å². The second-order valence-corrected chi connectivity index (χ2v) is 5.95. The van der Waals surface area contributed by atoms with Crippen LogP contribution in [0.15, 0.2) is 53.7 Å². The van der Waals surface area contributed by atoms with Crippen LogP contribution in [0.3, 0.4) is 0 Å². The zero-order chi connectivity index (χ0) is 16.5. The molecular formula is C18H22N2O2S. The standard InChI is InChI=1S/C18H22N2O2S/c1-14(15-7-4-3-5-8-15)22-12-6-10-20-18(21)16-9-11-19-17(13-16)23-2/h3-5,7-9,11,13-14H,6,10,12H2,1-2H3,(H,20,21). The molecule has 0 spiro atoms. The van der Waals surface area contributed by atoms with E-state index in [2.05, 4.69) is 22.4 Å². The zero-order valence-electron chi connectivity index (χ0n) is 13.5. The number of ether oxygens (including phenoxy) is 1. The lowest BCUT2D eigenvalue weighted by molar-refractivity contribution is 0.0635. The Morgan fingerprint density at radius 2 is 2.09 bits per heavy atom. The lowest BCUT2D eigenvalue weighted by atomic mass is 10.1. The van der Waals surface area contributed by atoms with Crippen LogP contribution < -0.4 is 5.32 Å². The largest absolute Gasteiger partial charge is 0.374 e. The number of hydrogen-bond acceptors (Lipinski definition) is 4. The number of pyridine rings is 1. The first-order valence-electron chi connectivity index (χ1n) is 7.65. The highest BCUT2D eigenvalue weighted by atomic mass is 32.2. The minimum atomic E-state index is -0.0705. The van der Waals surface area contributed by atoms with Gasteiger partial charge in [0.15, 0.2) is 0 Å². The highest BCUT2D eigenvalue weighted by Crippen LogP contribution is 2.16. The SMILES string of the molecule is CSc1cc(C(=O)NCCCOC(C)c2ccccc2)ccn1. The molecule has 0 bridgehead atoms. The molecule has 122 valence electrons. The van der Waals surface area contributed by atoms with Crippen molar-refractivity contribution >= 4 is 17.7 Å². The van der Waals surface area contributed by atoms with Gasteiger partial charge in [-0.3, -0.25) is 4.79 Å². The van der Waals surface area contributed by atoms with Crippen molar-refractivity contribution in [3.8, 4) is 0 Å². The number of hydrogen-bond donors (Lipinski definition) is 1. The van der Waals surface area contributed by atoms with Gasteiger partial charge in [-0.15, -0.1) is 11.8 Å². The molecule has 0 aliphatic carbocycles. The Kier molecular flexibility index (Phi) is 7.10. The maximum Gasteiger partial charge on any atom is 0.251 e. The fourth-order valence-corrected chi connectivity index (χ4v) is 2.53. The summed E-state index contributed by atoms with van der Waals surface area (Å²) in [7, 11) is 0. The van der Waals surface area contributed by atoms with Gasteiger partial charge in [0.1, 0.15) is 0 Å². The molecule has 1 amide bonds. The Hall–Kier alpha value is -1.85. The molecule has 1 atom stereocenters. The average molecular weight is 330 g/mol. The van der Waals surface area contributed by atoms with Crippen molar-refractivity contribution in [1.29, 1.82) is 0 Å². The highest BCUT2D eigenvalue weighted by molar-refractivity contribution is 7.98. The van der Waals surface area contributed by atoms with Crippen LogP contribution in [0, 0.1) is 0 Å². The van der Waals surface area contributed by atoms with E-state index in [0.717, 1.165) is 17.0 Å². The quantitative estimate of drug-likeness (QED) is 0.592. The van der Waals surface area contributed by atoms with Gasteiger partial charge < -0.3 is 10.1 Å². The average Bonchev–Trinajstić information content (AvgIpc) is 2.61. The molecule has 0 aliphatic rings. The molecule has 2 rings (SSSR count). The van der Waals surface area contributed by atoms with Crippen molar-refractivity contribution in [2.45, 2.75) is 24.5 Å². The van der Waals surface area contributed by atoms with Gasteiger partial charge in [0, 0.05) is 24.9 Å². The van der Waals surface area contributed by atoms with Gasteiger partial charge in [-0.2, -0.15) is 0 Å². The smallest absolute Gasteiger partial charge is 0.251 e. The molecule has 2 aromatic rings. The molecule has 1 N–H and O–H groups in total. The predicted molar refractivity (Wildman–Crippen MR) is 93.8 cm³/mol. The van der Waals surface area contributed by atoms with Crippen molar-refractivity contribution in [3.63, 3.8) is 0 Å². The number of amides is 1. The Labute approximate surface area is 141 Å². The molecule has 1 unspecified atom stereocenters. The lowest BCUT2D eigenvalue weighted by Gasteiger charge is -2.13. The van der Waals surface area contributed by atoms with Gasteiger partial charge in [-0.05, 0) is 37.3 Å². The van der Waals surface area contributed by atoms with Crippen molar-refractivity contribution in [2.75, 3.05) is 19.4 Å². The van der Waals surface area contributed by atoms with Crippen LogP contribution in [0.5, 0.6) is 0 Å². The number of benzene rings is 1. The summed E-state index contributed by atoms with van der Waals surface area (Å²) in [5.74, 6) is -0.0705. The van der Waals surface area contributed by atoms with Crippen LogP contribution in [0.1, 0.15) is 35.4 Å². The number of carbonyl (C=O) groups excluding carboxylic acids is 1. The maximum atomic E-state index is 12.0. The Morgan fingerprint density at radius 3 is 2.83 bits per heavy atom. The number of nitrogens with zero attached hydrogens (tertiary/aromatic N) is 1. The second-order valence-electron chi connectivity index (χ2n) is 5.12. The summed E-state index contributed by atoms with van der Waals surface area (Å²) < 4.78 is 5.79. The van der Waals surface area contributed by atoms with Crippen LogP contribution in [0.4, 0.5) is 0 Å². The van der Waals surface area contributed by atoms with E-state index in [1.807, 2.05) is 31.4 Å². The molecule has 1 aromatic carbocycles. The predicted octanol–water partition coefficient (Wildman–Crippen LogP) is 3.70. The van der Waals surface area contributed by atoms with E-state index in [-0.39, 0.29) is 12.0 Å². The molecule has 5 heteroatoms. The van der Waals surface area contributed by atoms with Crippen molar-refractivity contribution in [1.82, 2.24) is 10.3 Å². The number of thioether (sulfide) groups is 1. The van der Waals surface area contributed by atoms with E-state index < -0.39 is 0 Å². The Bertz CT molecular complexity index is 619. The van der Waals surface area contributed by atoms with Crippen LogP contribution in [0.2, 0.25) is 0 Å². The topological polar surface area (TPSA) is 51.2 Å². The van der Waals surface area contributed by atoms with Gasteiger partial charge in [0.2, 0.25) is 0 Å². The van der Waals surface area contributed by atoms with E-state index >= 15 is 0 Å². The van der Waals surface area contributed by atoms with Gasteiger partial charge in [-0.25, -0.2) is 4.98 Å². The zero-order valence-corrected chi connectivity index (χ0v) is 14.3. The van der Waals surface area contributed by atoms with E-state index in [0.29, 0.717) is 18.7 Å². The number of nitrogens with one attached hydrogen (secondary N) is 1. The van der Waals surface area contributed by atoms with Crippen LogP contribution >= 0.6 is 11.8 Å². The molecule has 1 heterocycles. The first kappa shape index (κ1) is 17.5. The third-order valence-electron chi connectivity index (χ3n) is 3.45. The third-order valence-corrected chi connectivity index (χ3v) is 4.09. The molecule has 0 aliphatic heterocycles. The summed E-state index contributed by atoms with van der Waals surface area (Å²) in [6.07, 6.45) is 4.44. The molecule has 23 heavy (non-hydrogen) atoms. The molecule has 0 radical (unpaired) electrons. The number of aromatic nitrogens is 1. The summed E-state index contributed by atoms with van der Waals surface area (Å²) in [5, 5.41) is 3.75. The summed E-state index contributed by atoms with van der Waals surface area (Å²) in [4.78, 5) is 16.2. The number of carbonyl (C=O) groups is 1. The normalized spacial score (nSPS) is 11.9. The summed E-state index contributed by atoms with van der Waals surface area (Å²) in [6.45, 7) is 3.24. The summed E-state index contributed by atoms with van der Waals surface area (Å²) in [6, 6.07) is 13.6. The van der Waals surface area contributed by atoms with Gasteiger partial charge >= 0.3 is 0 Å². The molecule has 1 aromatic heterocycles. The fraction of sp³-hybridized carbons (Fsp3) is 0.333. The minimum absolute atomic E-state index is 0.0660. The first-order valence-corrected chi connectivity index (χ1v) is 8.88. The highest BCUT2D eigenvalue weighted by Gasteiger charge is 2.07. The summed E-state index contributed by atoms with van der Waals surface area (Å²) in [5.41, 5.74) is 1.81. The molecule has 4 nitrogen and oxygen atoms in total. The van der Waals surface area contributed by atoms with E-state index in [4.69, 9.17) is 4.74 Å². The van der Waals surface area contributed by atoms with Gasteiger partial charge in [0.05, 0.1) is 11.1 Å². The van der Waals surface area contributed by atoms with E-state index in [1.54, 1.807) is 18.3 Å². The molecule has 0 fully saturated rings. The van der Waals surface area contributed by atoms with E-state index in [1.165, 1.54) is 11.8 Å².